The quantitative estimate of drug-likeness (QED) is 0.610. The van der Waals surface area contributed by atoms with Crippen LogP contribution in [-0.2, 0) is 6.42 Å². The summed E-state index contributed by atoms with van der Waals surface area (Å²) in [5.41, 5.74) is 0.985. The fourth-order valence-electron chi connectivity index (χ4n) is 2.08. The molecule has 0 spiro atoms. The molecule has 0 aromatic heterocycles. The molecule has 0 amide bonds. The predicted octanol–water partition coefficient (Wildman–Crippen LogP) is 2.47. The van der Waals surface area contributed by atoms with Crippen LogP contribution in [0.25, 0.3) is 0 Å². The summed E-state index contributed by atoms with van der Waals surface area (Å²) in [6.07, 6.45) is 5.26. The lowest BCUT2D eigenvalue weighted by molar-refractivity contribution is 0.358. The first kappa shape index (κ1) is 13.9. The summed E-state index contributed by atoms with van der Waals surface area (Å²) in [6.45, 7) is 6.72. The first-order chi connectivity index (χ1) is 7.87. The van der Waals surface area contributed by atoms with Crippen LogP contribution in [-0.4, -0.2) is 7.05 Å². The van der Waals surface area contributed by atoms with E-state index >= 15 is 0 Å². The highest BCUT2D eigenvalue weighted by atomic mass is 16.2. The van der Waals surface area contributed by atoms with Gasteiger partial charge < -0.3 is 5.32 Å². The average Bonchev–Trinajstić information content (AvgIpc) is 2.24. The van der Waals surface area contributed by atoms with E-state index in [9.17, 15) is 9.59 Å². The fourth-order valence-corrected chi connectivity index (χ4v) is 2.08. The summed E-state index contributed by atoms with van der Waals surface area (Å²) >= 11 is 0. The molecule has 96 valence electrons. The normalized spacial score (nSPS) is 12.0. The van der Waals surface area contributed by atoms with Crippen molar-refractivity contribution in [3.8, 4) is 0 Å². The van der Waals surface area contributed by atoms with Crippen LogP contribution in [0, 0.1) is 5.41 Å². The molecule has 0 unspecified atom stereocenters. The third kappa shape index (κ3) is 3.69. The van der Waals surface area contributed by atoms with E-state index in [0.29, 0.717) is 16.7 Å². The van der Waals surface area contributed by atoms with E-state index in [1.165, 1.54) is 12.8 Å². The molecule has 0 radical (unpaired) electrons. The molecule has 1 N–H and O–H groups in total. The SMILES string of the molecule is CNc1c(CCCCCC(C)(C)C)c(=O)c1=O. The second-order valence-electron chi connectivity index (χ2n) is 5.88. The van der Waals surface area contributed by atoms with Crippen molar-refractivity contribution < 1.29 is 0 Å². The molecule has 0 bridgehead atoms. The van der Waals surface area contributed by atoms with Crippen molar-refractivity contribution >= 4 is 5.69 Å². The van der Waals surface area contributed by atoms with Crippen molar-refractivity contribution in [1.82, 2.24) is 0 Å². The van der Waals surface area contributed by atoms with E-state index in [1.807, 2.05) is 0 Å². The molecule has 3 nitrogen and oxygen atoms in total. The first-order valence-electron chi connectivity index (χ1n) is 6.37. The highest BCUT2D eigenvalue weighted by Crippen LogP contribution is 2.22. The Kier molecular flexibility index (Phi) is 4.49. The Morgan fingerprint density at radius 2 is 1.65 bits per heavy atom. The summed E-state index contributed by atoms with van der Waals surface area (Å²) < 4.78 is 0. The number of unbranched alkanes of at least 4 members (excludes halogenated alkanes) is 2. The van der Waals surface area contributed by atoms with Crippen LogP contribution >= 0.6 is 0 Å². The van der Waals surface area contributed by atoms with Crippen molar-refractivity contribution in [1.29, 1.82) is 0 Å². The summed E-state index contributed by atoms with van der Waals surface area (Å²) in [7, 11) is 1.69. The van der Waals surface area contributed by atoms with E-state index in [2.05, 4.69) is 26.1 Å². The van der Waals surface area contributed by atoms with Gasteiger partial charge in [0.1, 0.15) is 0 Å². The van der Waals surface area contributed by atoms with Crippen LogP contribution < -0.4 is 16.2 Å². The summed E-state index contributed by atoms with van der Waals surface area (Å²) in [5.74, 6) is 0. The minimum absolute atomic E-state index is 0.287. The minimum atomic E-state index is -0.350. The van der Waals surface area contributed by atoms with E-state index < -0.39 is 0 Å². The van der Waals surface area contributed by atoms with Gasteiger partial charge in [-0.25, -0.2) is 0 Å². The Hall–Kier alpha value is -1.12. The predicted molar refractivity (Wildman–Crippen MR) is 72.5 cm³/mol. The average molecular weight is 237 g/mol. The molecule has 0 saturated carbocycles. The van der Waals surface area contributed by atoms with Gasteiger partial charge in [-0.1, -0.05) is 33.6 Å². The lowest BCUT2D eigenvalue weighted by atomic mass is 9.89. The molecule has 0 aliphatic carbocycles. The van der Waals surface area contributed by atoms with E-state index in [1.54, 1.807) is 7.05 Å². The highest BCUT2D eigenvalue weighted by Gasteiger charge is 2.18. The van der Waals surface area contributed by atoms with Crippen LogP contribution in [0.2, 0.25) is 0 Å². The van der Waals surface area contributed by atoms with Gasteiger partial charge in [0.05, 0.1) is 5.69 Å². The van der Waals surface area contributed by atoms with Crippen LogP contribution in [0.5, 0.6) is 0 Å². The zero-order valence-electron chi connectivity index (χ0n) is 11.4. The monoisotopic (exact) mass is 237 g/mol. The largest absolute Gasteiger partial charge is 0.385 e. The fraction of sp³-hybridized carbons (Fsp3) is 0.714. The maximum Gasteiger partial charge on any atom is 0.249 e. The number of rotatable bonds is 6. The van der Waals surface area contributed by atoms with Gasteiger partial charge >= 0.3 is 0 Å². The molecule has 0 heterocycles. The van der Waals surface area contributed by atoms with E-state index in [0.717, 1.165) is 19.3 Å². The van der Waals surface area contributed by atoms with Crippen molar-refractivity contribution in [2.45, 2.75) is 52.9 Å². The smallest absolute Gasteiger partial charge is 0.249 e. The van der Waals surface area contributed by atoms with Gasteiger partial charge in [-0.3, -0.25) is 9.59 Å². The van der Waals surface area contributed by atoms with Crippen LogP contribution in [0.3, 0.4) is 0 Å². The summed E-state index contributed by atoms with van der Waals surface area (Å²) in [5, 5.41) is 2.81. The van der Waals surface area contributed by atoms with Gasteiger partial charge in [0, 0.05) is 12.6 Å². The van der Waals surface area contributed by atoms with Gasteiger partial charge in [0.25, 0.3) is 0 Å². The number of anilines is 1. The molecule has 0 fully saturated rings. The Morgan fingerprint density at radius 1 is 1.00 bits per heavy atom. The lowest BCUT2D eigenvalue weighted by Crippen LogP contribution is -2.37. The van der Waals surface area contributed by atoms with Crippen LogP contribution in [0.1, 0.15) is 52.0 Å². The number of nitrogens with one attached hydrogen (secondary N) is 1. The second kappa shape index (κ2) is 5.48. The standard InChI is InChI=1S/C14H23NO2/c1-14(2,3)9-7-5-6-8-10-11(15-4)13(17)12(10)16/h15H,5-9H2,1-4H3. The molecule has 0 saturated heterocycles. The van der Waals surface area contributed by atoms with Crippen molar-refractivity contribution in [3.05, 3.63) is 26.0 Å². The van der Waals surface area contributed by atoms with Gasteiger partial charge in [-0.15, -0.1) is 0 Å². The van der Waals surface area contributed by atoms with E-state index in [4.69, 9.17) is 0 Å². The summed E-state index contributed by atoms with van der Waals surface area (Å²) in [4.78, 5) is 22.5. The maximum atomic E-state index is 11.3. The van der Waals surface area contributed by atoms with E-state index in [-0.39, 0.29) is 10.9 Å². The molecule has 0 aliphatic rings. The van der Waals surface area contributed by atoms with Gasteiger partial charge in [0.15, 0.2) is 0 Å². The van der Waals surface area contributed by atoms with Crippen LogP contribution in [0.4, 0.5) is 5.69 Å². The molecule has 17 heavy (non-hydrogen) atoms. The minimum Gasteiger partial charge on any atom is -0.385 e. The lowest BCUT2D eigenvalue weighted by Gasteiger charge is -2.17. The molecule has 1 aromatic carbocycles. The Morgan fingerprint density at radius 3 is 2.18 bits per heavy atom. The second-order valence-corrected chi connectivity index (χ2v) is 5.88. The highest BCUT2D eigenvalue weighted by molar-refractivity contribution is 5.55. The van der Waals surface area contributed by atoms with Crippen molar-refractivity contribution in [3.63, 3.8) is 0 Å². The van der Waals surface area contributed by atoms with Crippen molar-refractivity contribution in [2.24, 2.45) is 5.41 Å². The summed E-state index contributed by atoms with van der Waals surface area (Å²) in [6, 6.07) is 0. The third-order valence-electron chi connectivity index (χ3n) is 3.11. The Labute approximate surface area is 103 Å². The van der Waals surface area contributed by atoms with Gasteiger partial charge in [0.2, 0.25) is 10.9 Å². The topological polar surface area (TPSA) is 46.2 Å². The Balaban J connectivity index is 2.30. The molecule has 1 aromatic rings. The van der Waals surface area contributed by atoms with Crippen LogP contribution in [0.15, 0.2) is 9.59 Å². The third-order valence-corrected chi connectivity index (χ3v) is 3.11. The molecular weight excluding hydrogens is 214 g/mol. The number of hydrogen-bond acceptors (Lipinski definition) is 3. The zero-order chi connectivity index (χ0) is 13.1. The molecule has 1 rings (SSSR count). The molecule has 0 aliphatic heterocycles. The maximum absolute atomic E-state index is 11.3. The van der Waals surface area contributed by atoms with Gasteiger partial charge in [-0.05, 0) is 24.7 Å². The molecule has 0 atom stereocenters. The number of hydrogen-bond donors (Lipinski definition) is 1. The van der Waals surface area contributed by atoms with Gasteiger partial charge in [-0.2, -0.15) is 0 Å². The Bertz CT molecular complexity index is 434. The zero-order valence-corrected chi connectivity index (χ0v) is 11.4. The van der Waals surface area contributed by atoms with Crippen molar-refractivity contribution in [2.75, 3.05) is 12.4 Å². The molecule has 3 heteroatoms. The molecular formula is C14H23NO2. The first-order valence-corrected chi connectivity index (χ1v) is 6.37.